The zero-order valence-corrected chi connectivity index (χ0v) is 22.1. The number of hydrogen-bond donors (Lipinski definition) is 0. The number of benzene rings is 4. The molecular formula is C33H34P2. The van der Waals surface area contributed by atoms with E-state index in [1.807, 2.05) is 0 Å². The van der Waals surface area contributed by atoms with E-state index in [2.05, 4.69) is 121 Å². The SMILES string of the molecule is c1ccc(C2CC[C@H](c3ccccc3)P2CP2C(c3ccccc3)CC[C@@H]2c2ccccc2)cc1. The van der Waals surface area contributed by atoms with E-state index in [1.54, 1.807) is 22.3 Å². The number of rotatable bonds is 6. The maximum absolute atomic E-state index is 2.40. The summed E-state index contributed by atoms with van der Waals surface area (Å²) in [7, 11) is -0.281. The van der Waals surface area contributed by atoms with E-state index in [4.69, 9.17) is 0 Å². The second-order valence-electron chi connectivity index (χ2n) is 10.0. The highest BCUT2D eigenvalue weighted by atomic mass is 31.2. The van der Waals surface area contributed by atoms with Crippen LogP contribution in [0, 0.1) is 0 Å². The van der Waals surface area contributed by atoms with Crippen LogP contribution in [-0.4, -0.2) is 5.90 Å². The Kier molecular flexibility index (Phi) is 7.13. The molecule has 0 aliphatic carbocycles. The summed E-state index contributed by atoms with van der Waals surface area (Å²) in [6.07, 6.45) is 5.35. The van der Waals surface area contributed by atoms with Gasteiger partial charge in [-0.3, -0.25) is 0 Å². The molecule has 0 bridgehead atoms. The lowest BCUT2D eigenvalue weighted by Crippen LogP contribution is -2.02. The van der Waals surface area contributed by atoms with E-state index in [9.17, 15) is 0 Å². The molecule has 6 rings (SSSR count). The van der Waals surface area contributed by atoms with Gasteiger partial charge in [-0.2, -0.15) is 0 Å². The summed E-state index contributed by atoms with van der Waals surface area (Å²) < 4.78 is 0. The van der Waals surface area contributed by atoms with Gasteiger partial charge in [0.15, 0.2) is 0 Å². The molecule has 4 aromatic rings. The molecule has 0 spiro atoms. The topological polar surface area (TPSA) is 0 Å². The van der Waals surface area contributed by atoms with Crippen molar-refractivity contribution < 1.29 is 0 Å². The standard InChI is InChI=1S/C33H34P2/c1-5-13-26(14-6-1)30-21-22-31(27-15-7-2-8-16-27)34(30)25-35-32(28-17-9-3-10-18-28)23-24-33(35)29-19-11-4-12-20-29/h1-20,30-33H,21-25H2/t30-,31?,32-,33?,34?,35?/m1/s1. The monoisotopic (exact) mass is 492 g/mol. The Labute approximate surface area is 213 Å². The third-order valence-electron chi connectivity index (χ3n) is 8.09. The molecule has 35 heavy (non-hydrogen) atoms. The lowest BCUT2D eigenvalue weighted by atomic mass is 10.0. The molecule has 6 atom stereocenters. The highest BCUT2D eigenvalue weighted by molar-refractivity contribution is 7.75. The van der Waals surface area contributed by atoms with Crippen LogP contribution in [-0.2, 0) is 0 Å². The fraction of sp³-hybridized carbons (Fsp3) is 0.273. The fourth-order valence-electron chi connectivity index (χ4n) is 6.45. The molecular weight excluding hydrogens is 458 g/mol. The molecule has 4 unspecified atom stereocenters. The predicted octanol–water partition coefficient (Wildman–Crippen LogP) is 10.5. The molecule has 0 amide bonds. The summed E-state index contributed by atoms with van der Waals surface area (Å²) in [5.74, 6) is 1.43. The van der Waals surface area contributed by atoms with Crippen LogP contribution >= 0.6 is 15.8 Å². The lowest BCUT2D eigenvalue weighted by Gasteiger charge is -2.35. The van der Waals surface area contributed by atoms with Crippen molar-refractivity contribution in [1.82, 2.24) is 0 Å². The molecule has 2 heteroatoms. The summed E-state index contributed by atoms with van der Waals surface area (Å²) in [6, 6.07) is 45.9. The molecule has 176 valence electrons. The van der Waals surface area contributed by atoms with Crippen LogP contribution in [0.3, 0.4) is 0 Å². The molecule has 0 N–H and O–H groups in total. The quantitative estimate of drug-likeness (QED) is 0.235. The Morgan fingerprint density at radius 2 is 0.600 bits per heavy atom. The molecule has 2 aliphatic heterocycles. The molecule has 0 radical (unpaired) electrons. The second kappa shape index (κ2) is 10.8. The largest absolute Gasteiger partial charge is 0.0869 e. The molecule has 2 aliphatic rings. The van der Waals surface area contributed by atoms with Gasteiger partial charge < -0.3 is 0 Å². The minimum Gasteiger partial charge on any atom is -0.0869 e. The van der Waals surface area contributed by atoms with E-state index in [-0.39, 0.29) is 15.8 Å². The fourth-order valence-corrected chi connectivity index (χ4v) is 16.1. The van der Waals surface area contributed by atoms with Gasteiger partial charge in [-0.05, 0) is 53.8 Å². The number of hydrogen-bond acceptors (Lipinski definition) is 0. The van der Waals surface area contributed by atoms with Gasteiger partial charge in [-0.25, -0.2) is 0 Å². The van der Waals surface area contributed by atoms with Crippen molar-refractivity contribution in [2.24, 2.45) is 0 Å². The Balaban J connectivity index is 1.39. The van der Waals surface area contributed by atoms with E-state index in [0.717, 1.165) is 22.6 Å². The van der Waals surface area contributed by atoms with E-state index in [1.165, 1.54) is 31.6 Å². The zero-order chi connectivity index (χ0) is 23.5. The van der Waals surface area contributed by atoms with Crippen LogP contribution in [0.1, 0.15) is 70.6 Å². The highest BCUT2D eigenvalue weighted by Gasteiger charge is 2.44. The molecule has 2 heterocycles. The third kappa shape index (κ3) is 4.89. The van der Waals surface area contributed by atoms with Crippen LogP contribution < -0.4 is 0 Å². The summed E-state index contributed by atoms with van der Waals surface area (Å²) in [5.41, 5.74) is 9.24. The van der Waals surface area contributed by atoms with Gasteiger partial charge in [-0.15, -0.1) is 0 Å². The third-order valence-corrected chi connectivity index (χ3v) is 16.1. The van der Waals surface area contributed by atoms with E-state index < -0.39 is 0 Å². The van der Waals surface area contributed by atoms with Gasteiger partial charge in [0.25, 0.3) is 0 Å². The first kappa shape index (κ1) is 23.2. The Hall–Kier alpha value is -2.26. The smallest absolute Gasteiger partial charge is 0.00507 e. The first-order valence-corrected chi connectivity index (χ1v) is 16.4. The van der Waals surface area contributed by atoms with E-state index >= 15 is 0 Å². The van der Waals surface area contributed by atoms with Gasteiger partial charge in [0.2, 0.25) is 0 Å². The molecule has 0 nitrogen and oxygen atoms in total. The molecule has 0 aromatic heterocycles. The normalized spacial score (nSPS) is 28.2. The highest BCUT2D eigenvalue weighted by Crippen LogP contribution is 2.80. The summed E-state index contributed by atoms with van der Waals surface area (Å²) >= 11 is 0. The van der Waals surface area contributed by atoms with Crippen molar-refractivity contribution in [3.8, 4) is 0 Å². The minimum atomic E-state index is -0.141. The van der Waals surface area contributed by atoms with Crippen LogP contribution in [0.2, 0.25) is 0 Å². The van der Waals surface area contributed by atoms with Gasteiger partial charge in [0, 0.05) is 22.6 Å². The van der Waals surface area contributed by atoms with Gasteiger partial charge in [0.05, 0.1) is 0 Å². The van der Waals surface area contributed by atoms with E-state index in [0.29, 0.717) is 0 Å². The molecule has 2 saturated heterocycles. The van der Waals surface area contributed by atoms with Crippen LogP contribution in [0.4, 0.5) is 0 Å². The van der Waals surface area contributed by atoms with Crippen LogP contribution in [0.15, 0.2) is 121 Å². The Morgan fingerprint density at radius 1 is 0.371 bits per heavy atom. The average molecular weight is 493 g/mol. The van der Waals surface area contributed by atoms with Gasteiger partial charge in [-0.1, -0.05) is 137 Å². The molecule has 0 saturated carbocycles. The molecule has 4 aromatic carbocycles. The van der Waals surface area contributed by atoms with Crippen molar-refractivity contribution >= 4 is 15.8 Å². The maximum atomic E-state index is 2.40. The van der Waals surface area contributed by atoms with Crippen molar-refractivity contribution in [1.29, 1.82) is 0 Å². The van der Waals surface area contributed by atoms with Crippen molar-refractivity contribution in [3.05, 3.63) is 144 Å². The average Bonchev–Trinajstić information content (AvgIpc) is 3.55. The van der Waals surface area contributed by atoms with Crippen molar-refractivity contribution in [2.75, 3.05) is 5.90 Å². The molecule has 2 fully saturated rings. The van der Waals surface area contributed by atoms with Crippen LogP contribution in [0.25, 0.3) is 0 Å². The van der Waals surface area contributed by atoms with Crippen molar-refractivity contribution in [3.63, 3.8) is 0 Å². The summed E-state index contributed by atoms with van der Waals surface area (Å²) in [5, 5.41) is 0. The van der Waals surface area contributed by atoms with Crippen LogP contribution in [0.5, 0.6) is 0 Å². The van der Waals surface area contributed by atoms with Gasteiger partial charge in [0.1, 0.15) is 0 Å². The lowest BCUT2D eigenvalue weighted by molar-refractivity contribution is 0.765. The summed E-state index contributed by atoms with van der Waals surface area (Å²) in [4.78, 5) is 0. The summed E-state index contributed by atoms with van der Waals surface area (Å²) in [6.45, 7) is 0. The minimum absolute atomic E-state index is 0.141. The zero-order valence-electron chi connectivity index (χ0n) is 20.3. The van der Waals surface area contributed by atoms with Crippen molar-refractivity contribution in [2.45, 2.75) is 48.3 Å². The maximum Gasteiger partial charge on any atom is 0.00507 e. The predicted molar refractivity (Wildman–Crippen MR) is 154 cm³/mol. The first-order valence-electron chi connectivity index (χ1n) is 13.1. The second-order valence-corrected chi connectivity index (χ2v) is 15.7. The Morgan fingerprint density at radius 3 is 0.829 bits per heavy atom. The Bertz CT molecular complexity index is 1000. The first-order chi connectivity index (χ1) is 17.4. The van der Waals surface area contributed by atoms with Gasteiger partial charge >= 0.3 is 0 Å².